The van der Waals surface area contributed by atoms with Crippen LogP contribution < -0.4 is 4.57 Å². The first-order valence-electron chi connectivity index (χ1n) is 8.61. The lowest BCUT2D eigenvalue weighted by Crippen LogP contribution is -2.50. The van der Waals surface area contributed by atoms with Gasteiger partial charge in [0.25, 0.3) is 0 Å². The molecule has 0 radical (unpaired) electrons. The van der Waals surface area contributed by atoms with Gasteiger partial charge in [0.05, 0.1) is 6.61 Å². The van der Waals surface area contributed by atoms with Crippen molar-refractivity contribution < 1.29 is 9.30 Å². The van der Waals surface area contributed by atoms with E-state index in [4.69, 9.17) is 9.84 Å². The van der Waals surface area contributed by atoms with Crippen LogP contribution in [0.1, 0.15) is 35.3 Å². The number of aromatic nitrogens is 3. The number of fused-ring (bicyclic) bond motifs is 2. The maximum Gasteiger partial charge on any atom is 0.304 e. The zero-order valence-electron chi connectivity index (χ0n) is 13.5. The number of para-hydroxylation sites is 1. The Morgan fingerprint density at radius 1 is 1.04 bits per heavy atom. The number of hydrogen-bond acceptors (Lipinski definition) is 2. The molecule has 0 N–H and O–H groups in total. The molecule has 0 amide bonds. The van der Waals surface area contributed by atoms with Gasteiger partial charge in [-0.3, -0.25) is 0 Å². The third kappa shape index (κ3) is 2.18. The molecule has 1 aromatic heterocycles. The van der Waals surface area contributed by atoms with Gasteiger partial charge in [-0.1, -0.05) is 47.1 Å². The average molecular weight is 318 g/mol. The van der Waals surface area contributed by atoms with Crippen LogP contribution in [0.15, 0.2) is 60.9 Å². The molecule has 2 aromatic carbocycles. The van der Waals surface area contributed by atoms with Crippen molar-refractivity contribution in [2.24, 2.45) is 0 Å². The molecule has 120 valence electrons. The minimum atomic E-state index is 0.329. The summed E-state index contributed by atoms with van der Waals surface area (Å²) in [4.78, 5) is 0. The summed E-state index contributed by atoms with van der Waals surface area (Å²) >= 11 is 0. The third-order valence-electron chi connectivity index (χ3n) is 5.30. The topological polar surface area (TPSA) is 30.9 Å². The molecule has 1 aliphatic carbocycles. The fourth-order valence-corrected chi connectivity index (χ4v) is 4.12. The Morgan fingerprint density at radius 3 is 2.79 bits per heavy atom. The number of rotatable bonds is 2. The normalized spacial score (nSPS) is 22.2. The molecule has 0 fully saturated rings. The Kier molecular flexibility index (Phi) is 3.23. The summed E-state index contributed by atoms with van der Waals surface area (Å²) in [6, 6.07) is 19.5. The number of ether oxygens (including phenoxy) is 1. The molecule has 3 aromatic rings. The SMILES string of the molecule is c1ccc(-n2c[n+]3c(n2)COC[C@@H]3C2CCc3ccccc32)cc1. The van der Waals surface area contributed by atoms with Gasteiger partial charge in [0.2, 0.25) is 6.33 Å². The first kappa shape index (κ1) is 13.9. The molecule has 2 aliphatic rings. The number of benzene rings is 2. The molecule has 0 spiro atoms. The molecular weight excluding hydrogens is 298 g/mol. The van der Waals surface area contributed by atoms with E-state index in [0.717, 1.165) is 18.1 Å². The van der Waals surface area contributed by atoms with E-state index in [-0.39, 0.29) is 0 Å². The monoisotopic (exact) mass is 318 g/mol. The summed E-state index contributed by atoms with van der Waals surface area (Å²) in [6.45, 7) is 1.35. The smallest absolute Gasteiger partial charge is 0.304 e. The van der Waals surface area contributed by atoms with Crippen molar-refractivity contribution in [3.05, 3.63) is 77.9 Å². The summed E-state index contributed by atoms with van der Waals surface area (Å²) in [6.07, 6.45) is 4.50. The van der Waals surface area contributed by atoms with E-state index < -0.39 is 0 Å². The second kappa shape index (κ2) is 5.56. The largest absolute Gasteiger partial charge is 0.367 e. The maximum absolute atomic E-state index is 5.89. The van der Waals surface area contributed by atoms with Gasteiger partial charge in [0.15, 0.2) is 0 Å². The predicted octanol–water partition coefficient (Wildman–Crippen LogP) is 2.96. The van der Waals surface area contributed by atoms with Crippen molar-refractivity contribution >= 4 is 0 Å². The number of nitrogens with zero attached hydrogens (tertiary/aromatic N) is 3. The van der Waals surface area contributed by atoms with Crippen molar-refractivity contribution in [3.8, 4) is 5.69 Å². The highest BCUT2D eigenvalue weighted by molar-refractivity contribution is 5.35. The van der Waals surface area contributed by atoms with Gasteiger partial charge in [0.1, 0.15) is 18.3 Å². The van der Waals surface area contributed by atoms with Crippen LogP contribution in [0.25, 0.3) is 5.69 Å². The first-order valence-corrected chi connectivity index (χ1v) is 8.61. The molecule has 0 saturated heterocycles. The maximum atomic E-state index is 5.89. The second-order valence-electron chi connectivity index (χ2n) is 6.65. The number of aryl methyl sites for hydroxylation is 1. The van der Waals surface area contributed by atoms with E-state index in [0.29, 0.717) is 18.6 Å². The second-order valence-corrected chi connectivity index (χ2v) is 6.65. The minimum Gasteiger partial charge on any atom is -0.367 e. The van der Waals surface area contributed by atoms with Crippen LogP contribution in [-0.2, 0) is 17.8 Å². The fourth-order valence-electron chi connectivity index (χ4n) is 4.12. The lowest BCUT2D eigenvalue weighted by atomic mass is 9.93. The van der Waals surface area contributed by atoms with E-state index in [2.05, 4.69) is 47.3 Å². The molecule has 4 nitrogen and oxygen atoms in total. The highest BCUT2D eigenvalue weighted by atomic mass is 16.5. The first-order chi connectivity index (χ1) is 11.9. The van der Waals surface area contributed by atoms with Crippen molar-refractivity contribution in [3.63, 3.8) is 0 Å². The van der Waals surface area contributed by atoms with E-state index in [1.807, 2.05) is 22.9 Å². The summed E-state index contributed by atoms with van der Waals surface area (Å²) in [5, 5.41) is 4.75. The van der Waals surface area contributed by atoms with Gasteiger partial charge in [-0.2, -0.15) is 0 Å². The molecule has 5 rings (SSSR count). The van der Waals surface area contributed by atoms with Crippen LogP contribution in [0.4, 0.5) is 0 Å². The molecule has 1 unspecified atom stereocenters. The molecule has 24 heavy (non-hydrogen) atoms. The lowest BCUT2D eigenvalue weighted by Gasteiger charge is -2.26. The Hall–Kier alpha value is -2.46. The minimum absolute atomic E-state index is 0.329. The molecule has 2 atom stereocenters. The lowest BCUT2D eigenvalue weighted by molar-refractivity contribution is -0.746. The van der Waals surface area contributed by atoms with Gasteiger partial charge in [-0.25, -0.2) is 4.57 Å². The third-order valence-corrected chi connectivity index (χ3v) is 5.30. The van der Waals surface area contributed by atoms with E-state index in [9.17, 15) is 0 Å². The highest BCUT2D eigenvalue weighted by Gasteiger charge is 2.38. The summed E-state index contributed by atoms with van der Waals surface area (Å²) < 4.78 is 10.2. The van der Waals surface area contributed by atoms with Gasteiger partial charge in [-0.05, 0) is 36.1 Å². The van der Waals surface area contributed by atoms with Crippen LogP contribution >= 0.6 is 0 Å². The van der Waals surface area contributed by atoms with E-state index >= 15 is 0 Å². The van der Waals surface area contributed by atoms with Crippen molar-refractivity contribution in [1.29, 1.82) is 0 Å². The zero-order chi connectivity index (χ0) is 15.9. The highest BCUT2D eigenvalue weighted by Crippen LogP contribution is 2.39. The van der Waals surface area contributed by atoms with Gasteiger partial charge in [-0.15, -0.1) is 0 Å². The molecule has 0 saturated carbocycles. The van der Waals surface area contributed by atoms with Crippen LogP contribution in [0.2, 0.25) is 0 Å². The van der Waals surface area contributed by atoms with Crippen LogP contribution in [0, 0.1) is 0 Å². The van der Waals surface area contributed by atoms with Gasteiger partial charge < -0.3 is 4.74 Å². The Morgan fingerprint density at radius 2 is 1.88 bits per heavy atom. The Bertz CT molecular complexity index is 872. The van der Waals surface area contributed by atoms with E-state index in [1.54, 1.807) is 0 Å². The van der Waals surface area contributed by atoms with Crippen molar-refractivity contribution in [2.75, 3.05) is 6.61 Å². The summed E-state index contributed by atoms with van der Waals surface area (Å²) in [5.74, 6) is 1.53. The molecule has 0 bridgehead atoms. The van der Waals surface area contributed by atoms with Crippen LogP contribution in [-0.4, -0.2) is 16.4 Å². The average Bonchev–Trinajstić information content (AvgIpc) is 3.26. The van der Waals surface area contributed by atoms with E-state index in [1.165, 1.54) is 24.0 Å². The van der Waals surface area contributed by atoms with Crippen LogP contribution in [0.5, 0.6) is 0 Å². The van der Waals surface area contributed by atoms with Crippen LogP contribution in [0.3, 0.4) is 0 Å². The Labute approximate surface area is 141 Å². The standard InChI is InChI=1S/C20H20N3O/c1-2-7-16(8-3-1)23-14-22-19(12-24-13-20(22)21-23)18-11-10-15-6-4-5-9-17(15)18/h1-9,14,18-19H,10-13H2/q+1/t18?,19-/m1/s1. The summed E-state index contributed by atoms with van der Waals surface area (Å²) in [5.41, 5.74) is 4.06. The van der Waals surface area contributed by atoms with Crippen molar-refractivity contribution in [1.82, 2.24) is 9.78 Å². The molecule has 1 aliphatic heterocycles. The molecule has 2 heterocycles. The summed E-state index contributed by atoms with van der Waals surface area (Å²) in [7, 11) is 0. The number of hydrogen-bond donors (Lipinski definition) is 0. The predicted molar refractivity (Wildman–Crippen MR) is 90.0 cm³/mol. The van der Waals surface area contributed by atoms with Gasteiger partial charge >= 0.3 is 5.82 Å². The van der Waals surface area contributed by atoms with Crippen molar-refractivity contribution in [2.45, 2.75) is 31.4 Å². The Balaban J connectivity index is 1.55. The zero-order valence-corrected chi connectivity index (χ0v) is 13.5. The molecule has 4 heteroatoms. The van der Waals surface area contributed by atoms with Gasteiger partial charge in [0, 0.05) is 11.0 Å². The quantitative estimate of drug-likeness (QED) is 0.680. The molecular formula is C20H20N3O+. The fraction of sp³-hybridized carbons (Fsp3) is 0.300.